The molecule has 0 aromatic carbocycles. The number of rotatable bonds is 7. The van der Waals surface area contributed by atoms with Gasteiger partial charge in [0.1, 0.15) is 0 Å². The van der Waals surface area contributed by atoms with E-state index in [0.29, 0.717) is 25.1 Å². The monoisotopic (exact) mass is 242 g/mol. The molecular weight excluding hydrogens is 216 g/mol. The summed E-state index contributed by atoms with van der Waals surface area (Å²) < 4.78 is 4.93. The van der Waals surface area contributed by atoms with Gasteiger partial charge < -0.3 is 15.4 Å². The molecule has 0 radical (unpaired) electrons. The van der Waals surface area contributed by atoms with Gasteiger partial charge in [0.2, 0.25) is 5.91 Å². The number of hydrogen-bond donors (Lipinski definition) is 2. The summed E-state index contributed by atoms with van der Waals surface area (Å²) in [5.41, 5.74) is 0. The average molecular weight is 242 g/mol. The lowest BCUT2D eigenvalue weighted by atomic mass is 9.91. The Morgan fingerprint density at radius 2 is 1.88 bits per heavy atom. The fourth-order valence-electron chi connectivity index (χ4n) is 2.41. The molecular formula is C13H26N2O2. The quantitative estimate of drug-likeness (QED) is 0.664. The molecule has 0 spiro atoms. The summed E-state index contributed by atoms with van der Waals surface area (Å²) >= 11 is 0. The molecule has 1 fully saturated rings. The molecule has 2 N–H and O–H groups in total. The minimum absolute atomic E-state index is 0.175. The van der Waals surface area contributed by atoms with Crippen LogP contribution in [0.2, 0.25) is 0 Å². The van der Waals surface area contributed by atoms with Crippen molar-refractivity contribution < 1.29 is 9.53 Å². The highest BCUT2D eigenvalue weighted by Crippen LogP contribution is 2.18. The van der Waals surface area contributed by atoms with E-state index < -0.39 is 0 Å². The third-order valence-corrected chi connectivity index (χ3v) is 3.34. The fraction of sp³-hybridized carbons (Fsp3) is 0.923. The number of methoxy groups -OCH3 is 1. The van der Waals surface area contributed by atoms with Crippen LogP contribution in [0.5, 0.6) is 0 Å². The van der Waals surface area contributed by atoms with Crippen LogP contribution in [0.4, 0.5) is 0 Å². The molecule has 0 aromatic heterocycles. The second-order valence-corrected chi connectivity index (χ2v) is 4.77. The van der Waals surface area contributed by atoms with Gasteiger partial charge in [0.25, 0.3) is 0 Å². The molecule has 0 aromatic rings. The smallest absolute Gasteiger partial charge is 0.220 e. The third kappa shape index (κ3) is 6.03. The third-order valence-electron chi connectivity index (χ3n) is 3.34. The summed E-state index contributed by atoms with van der Waals surface area (Å²) in [6.07, 6.45) is 5.96. The Morgan fingerprint density at radius 3 is 2.47 bits per heavy atom. The van der Waals surface area contributed by atoms with Crippen molar-refractivity contribution in [3.05, 3.63) is 0 Å². The summed E-state index contributed by atoms with van der Waals surface area (Å²) in [5.74, 6) is 0.175. The lowest BCUT2D eigenvalue weighted by molar-refractivity contribution is -0.122. The molecule has 17 heavy (non-hydrogen) atoms. The van der Waals surface area contributed by atoms with E-state index in [-0.39, 0.29) is 5.91 Å². The van der Waals surface area contributed by atoms with Crippen LogP contribution in [0.3, 0.4) is 0 Å². The Balaban J connectivity index is 2.10. The van der Waals surface area contributed by atoms with Gasteiger partial charge in [-0.3, -0.25) is 4.79 Å². The Kier molecular flexibility index (Phi) is 7.21. The molecule has 4 heteroatoms. The van der Waals surface area contributed by atoms with Crippen LogP contribution in [0.15, 0.2) is 0 Å². The standard InChI is InChI=1S/C13H26N2O2/c1-3-14-11-6-8-12(9-7-11)15-13(16)5-4-10-17-2/h11-12,14H,3-10H2,1-2H3,(H,15,16). The molecule has 0 bridgehead atoms. The molecule has 1 rings (SSSR count). The molecule has 1 saturated carbocycles. The molecule has 100 valence electrons. The topological polar surface area (TPSA) is 50.4 Å². The van der Waals surface area contributed by atoms with Crippen molar-refractivity contribution in [1.82, 2.24) is 10.6 Å². The van der Waals surface area contributed by atoms with E-state index in [1.165, 1.54) is 12.8 Å². The van der Waals surface area contributed by atoms with Crippen LogP contribution in [0.25, 0.3) is 0 Å². The average Bonchev–Trinajstić information content (AvgIpc) is 2.32. The summed E-state index contributed by atoms with van der Waals surface area (Å²) in [6.45, 7) is 3.85. The van der Waals surface area contributed by atoms with Gasteiger partial charge in [0.05, 0.1) is 0 Å². The second kappa shape index (κ2) is 8.48. The SMILES string of the molecule is CCNC1CCC(NC(=O)CCCOC)CC1. The molecule has 1 amide bonds. The molecule has 0 atom stereocenters. The van der Waals surface area contributed by atoms with Gasteiger partial charge in [0, 0.05) is 32.2 Å². The van der Waals surface area contributed by atoms with E-state index in [9.17, 15) is 4.79 Å². The van der Waals surface area contributed by atoms with Gasteiger partial charge in [-0.2, -0.15) is 0 Å². The first kappa shape index (κ1) is 14.5. The first-order chi connectivity index (χ1) is 8.26. The Bertz CT molecular complexity index is 213. The number of hydrogen-bond acceptors (Lipinski definition) is 3. The highest BCUT2D eigenvalue weighted by atomic mass is 16.5. The van der Waals surface area contributed by atoms with E-state index in [1.54, 1.807) is 7.11 Å². The number of nitrogens with one attached hydrogen (secondary N) is 2. The first-order valence-electron chi connectivity index (χ1n) is 6.78. The zero-order valence-electron chi connectivity index (χ0n) is 11.1. The molecule has 0 aliphatic heterocycles. The second-order valence-electron chi connectivity index (χ2n) is 4.77. The van der Waals surface area contributed by atoms with Gasteiger partial charge in [-0.15, -0.1) is 0 Å². The van der Waals surface area contributed by atoms with E-state index in [0.717, 1.165) is 25.8 Å². The molecule has 1 aliphatic rings. The fourth-order valence-corrected chi connectivity index (χ4v) is 2.41. The van der Waals surface area contributed by atoms with Gasteiger partial charge in [-0.25, -0.2) is 0 Å². The molecule has 1 aliphatic carbocycles. The minimum atomic E-state index is 0.175. The van der Waals surface area contributed by atoms with Crippen molar-refractivity contribution in [2.75, 3.05) is 20.3 Å². The Hall–Kier alpha value is -0.610. The van der Waals surface area contributed by atoms with E-state index in [4.69, 9.17) is 4.74 Å². The predicted molar refractivity (Wildman–Crippen MR) is 69.0 cm³/mol. The number of carbonyl (C=O) groups is 1. The van der Waals surface area contributed by atoms with Crippen molar-refractivity contribution in [2.24, 2.45) is 0 Å². The van der Waals surface area contributed by atoms with Gasteiger partial charge in [-0.1, -0.05) is 6.92 Å². The first-order valence-corrected chi connectivity index (χ1v) is 6.78. The zero-order valence-corrected chi connectivity index (χ0v) is 11.1. The normalized spacial score (nSPS) is 24.6. The van der Waals surface area contributed by atoms with Crippen molar-refractivity contribution >= 4 is 5.91 Å². The molecule has 0 saturated heterocycles. The van der Waals surface area contributed by atoms with Crippen molar-refractivity contribution in [1.29, 1.82) is 0 Å². The van der Waals surface area contributed by atoms with E-state index in [1.807, 2.05) is 0 Å². The van der Waals surface area contributed by atoms with Gasteiger partial charge in [0.15, 0.2) is 0 Å². The van der Waals surface area contributed by atoms with E-state index in [2.05, 4.69) is 17.6 Å². The summed E-state index contributed by atoms with van der Waals surface area (Å²) in [5, 5.41) is 6.59. The highest BCUT2D eigenvalue weighted by Gasteiger charge is 2.21. The molecule has 0 unspecified atom stereocenters. The van der Waals surface area contributed by atoms with E-state index >= 15 is 0 Å². The van der Waals surface area contributed by atoms with Gasteiger partial charge in [-0.05, 0) is 38.6 Å². The molecule has 0 heterocycles. The zero-order chi connectivity index (χ0) is 12.5. The number of amides is 1. The van der Waals surface area contributed by atoms with Crippen LogP contribution in [-0.4, -0.2) is 38.3 Å². The van der Waals surface area contributed by atoms with Crippen LogP contribution < -0.4 is 10.6 Å². The minimum Gasteiger partial charge on any atom is -0.385 e. The maximum absolute atomic E-state index is 11.6. The van der Waals surface area contributed by atoms with Crippen LogP contribution in [-0.2, 0) is 9.53 Å². The summed E-state index contributed by atoms with van der Waals surface area (Å²) in [4.78, 5) is 11.6. The summed E-state index contributed by atoms with van der Waals surface area (Å²) in [6, 6.07) is 1.04. The van der Waals surface area contributed by atoms with Crippen molar-refractivity contribution in [3.63, 3.8) is 0 Å². The number of ether oxygens (including phenoxy) is 1. The largest absolute Gasteiger partial charge is 0.385 e. The molecule has 4 nitrogen and oxygen atoms in total. The lowest BCUT2D eigenvalue weighted by Gasteiger charge is -2.29. The highest BCUT2D eigenvalue weighted by molar-refractivity contribution is 5.76. The predicted octanol–water partition coefficient (Wildman–Crippen LogP) is 1.45. The Morgan fingerprint density at radius 1 is 1.24 bits per heavy atom. The Labute approximate surface area is 104 Å². The van der Waals surface area contributed by atoms with Crippen LogP contribution >= 0.6 is 0 Å². The van der Waals surface area contributed by atoms with Gasteiger partial charge >= 0.3 is 0 Å². The maximum Gasteiger partial charge on any atom is 0.220 e. The lowest BCUT2D eigenvalue weighted by Crippen LogP contribution is -2.42. The van der Waals surface area contributed by atoms with Crippen molar-refractivity contribution in [2.45, 2.75) is 57.5 Å². The van der Waals surface area contributed by atoms with Crippen LogP contribution in [0, 0.1) is 0 Å². The summed E-state index contributed by atoms with van der Waals surface area (Å²) in [7, 11) is 1.67. The maximum atomic E-state index is 11.6. The van der Waals surface area contributed by atoms with Crippen LogP contribution in [0.1, 0.15) is 45.4 Å². The number of carbonyl (C=O) groups excluding carboxylic acids is 1. The van der Waals surface area contributed by atoms with Crippen molar-refractivity contribution in [3.8, 4) is 0 Å².